The van der Waals surface area contributed by atoms with Crippen LogP contribution >= 0.6 is 11.6 Å². The molecule has 1 aromatic carbocycles. The van der Waals surface area contributed by atoms with Crippen molar-refractivity contribution in [1.29, 1.82) is 0 Å². The van der Waals surface area contributed by atoms with Gasteiger partial charge in [0.25, 0.3) is 0 Å². The molecular formula is C11H15ClFNO3S. The van der Waals surface area contributed by atoms with Crippen molar-refractivity contribution in [3.05, 3.63) is 30.1 Å². The predicted octanol–water partition coefficient (Wildman–Crippen LogP) is 1.75. The first-order valence-electron chi connectivity index (χ1n) is 5.34. The van der Waals surface area contributed by atoms with E-state index in [1.165, 1.54) is 25.3 Å². The molecule has 0 saturated heterocycles. The van der Waals surface area contributed by atoms with Crippen LogP contribution < -0.4 is 4.72 Å². The maximum atomic E-state index is 13.3. The van der Waals surface area contributed by atoms with Crippen LogP contribution in [0.2, 0.25) is 0 Å². The van der Waals surface area contributed by atoms with E-state index in [4.69, 9.17) is 16.3 Å². The maximum Gasteiger partial charge on any atom is 0.243 e. The van der Waals surface area contributed by atoms with Gasteiger partial charge in [-0.3, -0.25) is 0 Å². The molecule has 0 heterocycles. The summed E-state index contributed by atoms with van der Waals surface area (Å²) in [6, 6.07) is 5.21. The summed E-state index contributed by atoms with van der Waals surface area (Å²) in [5.41, 5.74) is 0. The number of alkyl halides is 1. The van der Waals surface area contributed by atoms with Crippen molar-refractivity contribution in [2.45, 2.75) is 16.7 Å². The highest BCUT2D eigenvalue weighted by Gasteiger charge is 2.18. The number of hydrogen-bond donors (Lipinski definition) is 1. The number of methoxy groups -OCH3 is 1. The maximum absolute atomic E-state index is 13.3. The standard InChI is InChI=1S/C11H15ClFNO3S/c1-17-8-9(12)6-7-14-18(15,16)11-5-3-2-4-10(11)13/h2-5,9,14H,6-8H2,1H3. The number of benzene rings is 1. The Kier molecular flexibility index (Phi) is 6.01. The number of hydrogen-bond acceptors (Lipinski definition) is 3. The molecule has 0 amide bonds. The number of nitrogens with one attached hydrogen (secondary N) is 1. The van der Waals surface area contributed by atoms with Crippen molar-refractivity contribution in [2.24, 2.45) is 0 Å². The summed E-state index contributed by atoms with van der Waals surface area (Å²) in [7, 11) is -2.31. The minimum absolute atomic E-state index is 0.133. The lowest BCUT2D eigenvalue weighted by molar-refractivity contribution is 0.196. The molecule has 0 radical (unpaired) electrons. The molecular weight excluding hydrogens is 281 g/mol. The van der Waals surface area contributed by atoms with Gasteiger partial charge >= 0.3 is 0 Å². The minimum atomic E-state index is -3.83. The molecule has 1 rings (SSSR count). The fourth-order valence-corrected chi connectivity index (χ4v) is 2.71. The van der Waals surface area contributed by atoms with Gasteiger partial charge in [-0.15, -0.1) is 11.6 Å². The van der Waals surface area contributed by atoms with Gasteiger partial charge in [-0.2, -0.15) is 0 Å². The number of halogens is 2. The van der Waals surface area contributed by atoms with E-state index >= 15 is 0 Å². The Hall–Kier alpha value is -0.690. The second-order valence-corrected chi connectivity index (χ2v) is 6.02. The van der Waals surface area contributed by atoms with Crippen molar-refractivity contribution in [2.75, 3.05) is 20.3 Å². The van der Waals surface area contributed by atoms with Crippen LogP contribution in [0.5, 0.6) is 0 Å². The quantitative estimate of drug-likeness (QED) is 0.780. The fourth-order valence-electron chi connectivity index (χ4n) is 1.35. The summed E-state index contributed by atoms with van der Waals surface area (Å²) >= 11 is 5.85. The van der Waals surface area contributed by atoms with Crippen LogP contribution in [0.3, 0.4) is 0 Å². The van der Waals surface area contributed by atoms with Gasteiger partial charge in [-0.25, -0.2) is 17.5 Å². The van der Waals surface area contributed by atoms with Crippen LogP contribution in [0.4, 0.5) is 4.39 Å². The summed E-state index contributed by atoms with van der Waals surface area (Å²) in [5.74, 6) is -0.774. The Labute approximate surface area is 111 Å². The van der Waals surface area contributed by atoms with Crippen molar-refractivity contribution in [1.82, 2.24) is 4.72 Å². The molecule has 0 aliphatic rings. The average molecular weight is 296 g/mol. The van der Waals surface area contributed by atoms with Crippen LogP contribution in [0.15, 0.2) is 29.2 Å². The summed E-state index contributed by atoms with van der Waals surface area (Å²) in [6.45, 7) is 0.469. The van der Waals surface area contributed by atoms with Gasteiger partial charge in [0.15, 0.2) is 0 Å². The Morgan fingerprint density at radius 1 is 1.44 bits per heavy atom. The lowest BCUT2D eigenvalue weighted by Crippen LogP contribution is -2.27. The van der Waals surface area contributed by atoms with Crippen molar-refractivity contribution in [3.8, 4) is 0 Å². The van der Waals surface area contributed by atoms with Gasteiger partial charge in [0.05, 0.1) is 12.0 Å². The predicted molar refractivity (Wildman–Crippen MR) is 67.7 cm³/mol. The van der Waals surface area contributed by atoms with Crippen LogP contribution in [-0.2, 0) is 14.8 Å². The summed E-state index contributed by atoms with van der Waals surface area (Å²) in [5, 5.41) is -0.279. The molecule has 0 saturated carbocycles. The molecule has 1 N–H and O–H groups in total. The fraction of sp³-hybridized carbons (Fsp3) is 0.455. The van der Waals surface area contributed by atoms with Crippen molar-refractivity contribution >= 4 is 21.6 Å². The summed E-state index contributed by atoms with van der Waals surface area (Å²) in [4.78, 5) is -0.358. The van der Waals surface area contributed by atoms with Gasteiger partial charge in [0, 0.05) is 13.7 Å². The average Bonchev–Trinajstić information content (AvgIpc) is 2.29. The second kappa shape index (κ2) is 7.04. The molecule has 1 aromatic rings. The number of sulfonamides is 1. The SMILES string of the molecule is COCC(Cl)CCNS(=O)(=O)c1ccccc1F. The lowest BCUT2D eigenvalue weighted by Gasteiger charge is -2.10. The third kappa shape index (κ3) is 4.53. The third-order valence-corrected chi connectivity index (χ3v) is 4.06. The van der Waals surface area contributed by atoms with E-state index in [-0.39, 0.29) is 16.8 Å². The highest BCUT2D eigenvalue weighted by atomic mass is 35.5. The van der Waals surface area contributed by atoms with E-state index in [9.17, 15) is 12.8 Å². The van der Waals surface area contributed by atoms with E-state index in [1.54, 1.807) is 0 Å². The number of ether oxygens (including phenoxy) is 1. The largest absolute Gasteiger partial charge is 0.383 e. The smallest absolute Gasteiger partial charge is 0.243 e. The van der Waals surface area contributed by atoms with E-state index < -0.39 is 15.8 Å². The van der Waals surface area contributed by atoms with Gasteiger partial charge in [0.2, 0.25) is 10.0 Å². The van der Waals surface area contributed by atoms with Crippen molar-refractivity contribution in [3.63, 3.8) is 0 Å². The third-order valence-electron chi connectivity index (χ3n) is 2.22. The molecule has 1 unspecified atom stereocenters. The van der Waals surface area contributed by atoms with Crippen molar-refractivity contribution < 1.29 is 17.5 Å². The van der Waals surface area contributed by atoms with Crippen LogP contribution in [0, 0.1) is 5.82 Å². The topological polar surface area (TPSA) is 55.4 Å². The Balaban J connectivity index is 2.59. The van der Waals surface area contributed by atoms with E-state index in [1.807, 2.05) is 0 Å². The Bertz CT molecular complexity index is 481. The summed E-state index contributed by atoms with van der Waals surface area (Å²) in [6.07, 6.45) is 0.406. The molecule has 7 heteroatoms. The molecule has 0 bridgehead atoms. The molecule has 0 aromatic heterocycles. The van der Waals surface area contributed by atoms with Crippen LogP contribution in [0.1, 0.15) is 6.42 Å². The molecule has 0 aliphatic heterocycles. The van der Waals surface area contributed by atoms with Gasteiger partial charge < -0.3 is 4.74 Å². The molecule has 0 aliphatic carbocycles. The van der Waals surface area contributed by atoms with E-state index in [0.717, 1.165) is 6.07 Å². The first-order chi connectivity index (χ1) is 8.47. The van der Waals surface area contributed by atoms with Gasteiger partial charge in [-0.1, -0.05) is 12.1 Å². The monoisotopic (exact) mass is 295 g/mol. The lowest BCUT2D eigenvalue weighted by atomic mass is 10.3. The first kappa shape index (κ1) is 15.4. The van der Waals surface area contributed by atoms with Crippen LogP contribution in [-0.4, -0.2) is 34.1 Å². The normalized spacial score (nSPS) is 13.5. The Morgan fingerprint density at radius 3 is 2.72 bits per heavy atom. The first-order valence-corrected chi connectivity index (χ1v) is 7.26. The molecule has 18 heavy (non-hydrogen) atoms. The molecule has 0 fully saturated rings. The summed E-state index contributed by atoms with van der Waals surface area (Å²) < 4.78 is 44.0. The highest BCUT2D eigenvalue weighted by molar-refractivity contribution is 7.89. The molecule has 4 nitrogen and oxygen atoms in total. The number of rotatable bonds is 7. The van der Waals surface area contributed by atoms with Crippen LogP contribution in [0.25, 0.3) is 0 Å². The van der Waals surface area contributed by atoms with E-state index in [0.29, 0.717) is 13.0 Å². The van der Waals surface area contributed by atoms with Gasteiger partial charge in [0.1, 0.15) is 10.7 Å². The minimum Gasteiger partial charge on any atom is -0.383 e. The highest BCUT2D eigenvalue weighted by Crippen LogP contribution is 2.13. The molecule has 102 valence electrons. The zero-order chi connectivity index (χ0) is 13.6. The molecule has 1 atom stereocenters. The molecule has 0 spiro atoms. The Morgan fingerprint density at radius 2 is 2.11 bits per heavy atom. The van der Waals surface area contributed by atoms with E-state index in [2.05, 4.69) is 4.72 Å². The van der Waals surface area contributed by atoms with Gasteiger partial charge in [-0.05, 0) is 18.6 Å². The zero-order valence-electron chi connectivity index (χ0n) is 9.90. The zero-order valence-corrected chi connectivity index (χ0v) is 11.5. The second-order valence-electron chi connectivity index (χ2n) is 3.67.